The van der Waals surface area contributed by atoms with Gasteiger partial charge in [0, 0.05) is 30.8 Å². The summed E-state index contributed by atoms with van der Waals surface area (Å²) >= 11 is 1.08. The molecule has 0 atom stereocenters. The topological polar surface area (TPSA) is 141 Å². The zero-order valence-corrected chi connectivity index (χ0v) is 21.7. The van der Waals surface area contributed by atoms with E-state index in [9.17, 15) is 28.1 Å². The molecule has 36 heavy (non-hydrogen) atoms. The normalized spacial score (nSPS) is 12.3. The highest BCUT2D eigenvalue weighted by atomic mass is 32.2. The minimum absolute atomic E-state index is 0.0795. The summed E-state index contributed by atoms with van der Waals surface area (Å²) in [6, 6.07) is 9.66. The Morgan fingerprint density at radius 2 is 1.75 bits per heavy atom. The van der Waals surface area contributed by atoms with E-state index in [4.69, 9.17) is 4.74 Å². The summed E-state index contributed by atoms with van der Waals surface area (Å²) in [4.78, 5) is 39.9. The van der Waals surface area contributed by atoms with Crippen LogP contribution in [0, 0.1) is 10.1 Å². The predicted octanol–water partition coefficient (Wildman–Crippen LogP) is 3.34. The summed E-state index contributed by atoms with van der Waals surface area (Å²) in [5, 5.41) is 11.2. The van der Waals surface area contributed by atoms with Crippen LogP contribution in [0.3, 0.4) is 0 Å². The highest BCUT2D eigenvalue weighted by Gasteiger charge is 2.23. The Balaban J connectivity index is 2.01. The number of fused-ring (bicyclic) bond motifs is 1. The van der Waals surface area contributed by atoms with Gasteiger partial charge in [-0.3, -0.25) is 19.7 Å². The van der Waals surface area contributed by atoms with E-state index < -0.39 is 26.8 Å². The zero-order chi connectivity index (χ0) is 26.5. The van der Waals surface area contributed by atoms with Crippen LogP contribution in [0.4, 0.5) is 5.69 Å². The minimum Gasteiger partial charge on any atom is -0.468 e. The van der Waals surface area contributed by atoms with Crippen molar-refractivity contribution in [2.45, 2.75) is 38.1 Å². The van der Waals surface area contributed by atoms with Crippen LogP contribution in [0.2, 0.25) is 0 Å². The van der Waals surface area contributed by atoms with E-state index in [1.807, 2.05) is 13.8 Å². The van der Waals surface area contributed by atoms with Gasteiger partial charge in [-0.05, 0) is 43.2 Å². The van der Waals surface area contributed by atoms with Crippen LogP contribution in [0.15, 0.2) is 52.4 Å². The third kappa shape index (κ3) is 5.86. The molecule has 0 saturated heterocycles. The number of esters is 1. The van der Waals surface area contributed by atoms with Gasteiger partial charge in [0.1, 0.15) is 6.54 Å². The standard InChI is InChI=1S/C23H26N4O7S2/c1-4-12-25(13-5-2)36(32,33)18-9-6-16(7-10-18)22(29)24-23-26(15-21(28)34-3)19-14-17(27(30)31)8-11-20(19)35-23/h6-11,14H,4-5,12-13,15H2,1-3H3. The lowest BCUT2D eigenvalue weighted by Gasteiger charge is -2.21. The molecule has 0 saturated carbocycles. The molecule has 11 nitrogen and oxygen atoms in total. The monoisotopic (exact) mass is 534 g/mol. The van der Waals surface area contributed by atoms with Crippen LogP contribution in [-0.4, -0.2) is 54.3 Å². The maximum Gasteiger partial charge on any atom is 0.325 e. The number of sulfonamides is 1. The quantitative estimate of drug-likeness (QED) is 0.221. The molecule has 0 bridgehead atoms. The molecule has 3 aromatic rings. The summed E-state index contributed by atoms with van der Waals surface area (Å²) in [5.74, 6) is -1.27. The number of carbonyl (C=O) groups is 2. The number of benzene rings is 2. The Kier molecular flexibility index (Phi) is 8.71. The lowest BCUT2D eigenvalue weighted by atomic mass is 10.2. The van der Waals surface area contributed by atoms with Gasteiger partial charge in [0.05, 0.1) is 27.1 Å². The first-order valence-corrected chi connectivity index (χ1v) is 13.4. The Labute approximate surface area is 211 Å². The molecule has 2 aromatic carbocycles. The zero-order valence-electron chi connectivity index (χ0n) is 20.0. The average Bonchev–Trinajstić information content (AvgIpc) is 3.19. The van der Waals surface area contributed by atoms with E-state index in [-0.39, 0.29) is 27.5 Å². The van der Waals surface area contributed by atoms with Crippen molar-refractivity contribution in [2.75, 3.05) is 20.2 Å². The van der Waals surface area contributed by atoms with E-state index in [0.29, 0.717) is 36.1 Å². The smallest absolute Gasteiger partial charge is 0.325 e. The number of carbonyl (C=O) groups excluding carboxylic acids is 2. The number of nitro benzene ring substituents is 1. The van der Waals surface area contributed by atoms with E-state index in [0.717, 1.165) is 11.3 Å². The van der Waals surface area contributed by atoms with Gasteiger partial charge in [-0.15, -0.1) is 0 Å². The van der Waals surface area contributed by atoms with Gasteiger partial charge in [0.15, 0.2) is 4.80 Å². The van der Waals surface area contributed by atoms with E-state index >= 15 is 0 Å². The number of non-ortho nitro benzene ring substituents is 1. The molecule has 0 aliphatic rings. The van der Waals surface area contributed by atoms with Crippen LogP contribution in [0.25, 0.3) is 10.2 Å². The van der Waals surface area contributed by atoms with E-state index in [1.165, 1.54) is 58.4 Å². The number of nitro groups is 1. The number of ether oxygens (including phenoxy) is 1. The van der Waals surface area contributed by atoms with Gasteiger partial charge < -0.3 is 9.30 Å². The van der Waals surface area contributed by atoms with Gasteiger partial charge in [0.2, 0.25) is 10.0 Å². The van der Waals surface area contributed by atoms with Crippen LogP contribution in [0.1, 0.15) is 37.0 Å². The lowest BCUT2D eigenvalue weighted by molar-refractivity contribution is -0.384. The summed E-state index contributed by atoms with van der Waals surface area (Å²) in [6.07, 6.45) is 1.36. The molecule has 1 heterocycles. The second-order valence-electron chi connectivity index (χ2n) is 7.80. The molecule has 3 rings (SSSR count). The predicted molar refractivity (Wildman–Crippen MR) is 134 cm³/mol. The van der Waals surface area contributed by atoms with Gasteiger partial charge in [-0.2, -0.15) is 9.30 Å². The molecule has 0 unspecified atom stereocenters. The molecule has 192 valence electrons. The first kappa shape index (κ1) is 27.2. The van der Waals surface area contributed by atoms with Gasteiger partial charge in [-0.1, -0.05) is 25.2 Å². The minimum atomic E-state index is -3.70. The highest BCUT2D eigenvalue weighted by molar-refractivity contribution is 7.89. The largest absolute Gasteiger partial charge is 0.468 e. The highest BCUT2D eigenvalue weighted by Crippen LogP contribution is 2.23. The second-order valence-corrected chi connectivity index (χ2v) is 10.7. The molecule has 0 spiro atoms. The molecule has 0 aliphatic heterocycles. The first-order valence-electron chi connectivity index (χ1n) is 11.2. The molecule has 13 heteroatoms. The molecule has 0 radical (unpaired) electrons. The molecule has 0 N–H and O–H groups in total. The fourth-order valence-electron chi connectivity index (χ4n) is 3.52. The molecule has 0 fully saturated rings. The third-order valence-corrected chi connectivity index (χ3v) is 8.25. The van der Waals surface area contributed by atoms with Crippen molar-refractivity contribution in [1.82, 2.24) is 8.87 Å². The van der Waals surface area contributed by atoms with E-state index in [2.05, 4.69) is 4.99 Å². The Morgan fingerprint density at radius 3 is 2.31 bits per heavy atom. The summed E-state index contributed by atoms with van der Waals surface area (Å²) in [6.45, 7) is 4.30. The fraction of sp³-hybridized carbons (Fsp3) is 0.348. The van der Waals surface area contributed by atoms with Crippen molar-refractivity contribution in [3.8, 4) is 0 Å². The first-order chi connectivity index (χ1) is 17.1. The fourth-order valence-corrected chi connectivity index (χ4v) is 6.16. The maximum atomic E-state index is 13.0. The lowest BCUT2D eigenvalue weighted by Crippen LogP contribution is -2.32. The van der Waals surface area contributed by atoms with Gasteiger partial charge in [-0.25, -0.2) is 8.42 Å². The van der Waals surface area contributed by atoms with Crippen molar-refractivity contribution in [2.24, 2.45) is 4.99 Å². The molecule has 1 aromatic heterocycles. The average molecular weight is 535 g/mol. The molecule has 0 aliphatic carbocycles. The molecular weight excluding hydrogens is 508 g/mol. The van der Waals surface area contributed by atoms with Gasteiger partial charge >= 0.3 is 5.97 Å². The van der Waals surface area contributed by atoms with Crippen LogP contribution in [-0.2, 0) is 26.1 Å². The van der Waals surface area contributed by atoms with Crippen molar-refractivity contribution in [3.05, 3.63) is 62.9 Å². The number of hydrogen-bond acceptors (Lipinski definition) is 8. The Hall–Kier alpha value is -3.42. The van der Waals surface area contributed by atoms with Crippen LogP contribution < -0.4 is 4.80 Å². The SMILES string of the molecule is CCCN(CCC)S(=O)(=O)c1ccc(C(=O)N=c2sc3ccc([N+](=O)[O-])cc3n2CC(=O)OC)cc1. The summed E-state index contributed by atoms with van der Waals surface area (Å²) < 4.78 is 34.0. The number of nitrogens with zero attached hydrogens (tertiary/aromatic N) is 4. The summed E-state index contributed by atoms with van der Waals surface area (Å²) in [7, 11) is -2.49. The van der Waals surface area contributed by atoms with E-state index in [1.54, 1.807) is 0 Å². The van der Waals surface area contributed by atoms with Crippen LogP contribution >= 0.6 is 11.3 Å². The third-order valence-electron chi connectivity index (χ3n) is 5.27. The Bertz CT molecular complexity index is 1450. The number of rotatable bonds is 10. The van der Waals surface area contributed by atoms with Crippen molar-refractivity contribution in [3.63, 3.8) is 0 Å². The molecular formula is C23H26N4O7S2. The number of aromatic nitrogens is 1. The molecule has 1 amide bonds. The maximum absolute atomic E-state index is 13.0. The number of amides is 1. The van der Waals surface area contributed by atoms with Crippen molar-refractivity contribution in [1.29, 1.82) is 0 Å². The number of thiazole rings is 1. The number of methoxy groups -OCH3 is 1. The van der Waals surface area contributed by atoms with Crippen LogP contribution in [0.5, 0.6) is 0 Å². The van der Waals surface area contributed by atoms with Crippen molar-refractivity contribution < 1.29 is 27.7 Å². The summed E-state index contributed by atoms with van der Waals surface area (Å²) in [5.41, 5.74) is 0.341. The van der Waals surface area contributed by atoms with Crippen molar-refractivity contribution >= 4 is 49.1 Å². The Morgan fingerprint density at radius 1 is 1.11 bits per heavy atom. The second kappa shape index (κ2) is 11.5. The number of hydrogen-bond donors (Lipinski definition) is 0. The van der Waals surface area contributed by atoms with Gasteiger partial charge in [0.25, 0.3) is 11.6 Å².